The minimum atomic E-state index is 0.239. The Labute approximate surface area is 96.3 Å². The van der Waals surface area contributed by atoms with Crippen LogP contribution in [0, 0.1) is 0 Å². The van der Waals surface area contributed by atoms with Crippen molar-refractivity contribution < 1.29 is 14.2 Å². The standard InChI is InChI=1S/C12H19NO3/c1-3-15-9-16-11-5-4-10(6-7-13)8-12(11)14-2/h4-5,8H,3,6-7,9,13H2,1-2H3. The smallest absolute Gasteiger partial charge is 0.189 e. The third-order valence-corrected chi connectivity index (χ3v) is 2.16. The van der Waals surface area contributed by atoms with Crippen LogP contribution in [0.2, 0.25) is 0 Å². The van der Waals surface area contributed by atoms with Crippen LogP contribution in [0.4, 0.5) is 0 Å². The zero-order valence-corrected chi connectivity index (χ0v) is 9.86. The van der Waals surface area contributed by atoms with Gasteiger partial charge in [0.1, 0.15) is 0 Å². The molecule has 1 rings (SSSR count). The number of ether oxygens (including phenoxy) is 3. The highest BCUT2D eigenvalue weighted by Gasteiger charge is 2.05. The topological polar surface area (TPSA) is 53.7 Å². The van der Waals surface area contributed by atoms with Crippen LogP contribution in [0.5, 0.6) is 11.5 Å². The van der Waals surface area contributed by atoms with Crippen LogP contribution >= 0.6 is 0 Å². The molecule has 0 saturated carbocycles. The van der Waals surface area contributed by atoms with Gasteiger partial charge in [0, 0.05) is 6.61 Å². The van der Waals surface area contributed by atoms with E-state index in [1.54, 1.807) is 7.11 Å². The SMILES string of the molecule is CCOCOc1ccc(CCN)cc1OC. The Morgan fingerprint density at radius 2 is 2.06 bits per heavy atom. The maximum Gasteiger partial charge on any atom is 0.189 e. The molecule has 0 spiro atoms. The lowest BCUT2D eigenvalue weighted by atomic mass is 10.1. The Kier molecular flexibility index (Phi) is 5.67. The fourth-order valence-corrected chi connectivity index (χ4v) is 1.34. The Morgan fingerprint density at radius 1 is 1.25 bits per heavy atom. The van der Waals surface area contributed by atoms with Gasteiger partial charge in [0.05, 0.1) is 7.11 Å². The van der Waals surface area contributed by atoms with Crippen molar-refractivity contribution in [2.45, 2.75) is 13.3 Å². The molecule has 0 amide bonds. The summed E-state index contributed by atoms with van der Waals surface area (Å²) in [7, 11) is 1.62. The Balaban J connectivity index is 2.68. The van der Waals surface area contributed by atoms with Gasteiger partial charge in [-0.3, -0.25) is 0 Å². The van der Waals surface area contributed by atoms with Crippen LogP contribution in [0.1, 0.15) is 12.5 Å². The molecule has 4 nitrogen and oxygen atoms in total. The van der Waals surface area contributed by atoms with Crippen LogP contribution < -0.4 is 15.2 Å². The molecule has 0 aliphatic heterocycles. The van der Waals surface area contributed by atoms with Crippen LogP contribution in [0.15, 0.2) is 18.2 Å². The number of hydrogen-bond acceptors (Lipinski definition) is 4. The second-order valence-corrected chi connectivity index (χ2v) is 3.28. The van der Waals surface area contributed by atoms with Crippen molar-refractivity contribution in [1.29, 1.82) is 0 Å². The molecule has 16 heavy (non-hydrogen) atoms. The van der Waals surface area contributed by atoms with Crippen molar-refractivity contribution in [1.82, 2.24) is 0 Å². The van der Waals surface area contributed by atoms with Crippen molar-refractivity contribution in [3.05, 3.63) is 23.8 Å². The largest absolute Gasteiger partial charge is 0.493 e. The van der Waals surface area contributed by atoms with Crippen LogP contribution in [0.3, 0.4) is 0 Å². The average molecular weight is 225 g/mol. The summed E-state index contributed by atoms with van der Waals surface area (Å²) in [5, 5.41) is 0. The van der Waals surface area contributed by atoms with Crippen molar-refractivity contribution >= 4 is 0 Å². The molecular weight excluding hydrogens is 206 g/mol. The summed E-state index contributed by atoms with van der Waals surface area (Å²) in [6.45, 7) is 3.42. The zero-order chi connectivity index (χ0) is 11.8. The summed E-state index contributed by atoms with van der Waals surface area (Å²) in [6.07, 6.45) is 0.835. The minimum Gasteiger partial charge on any atom is -0.493 e. The molecule has 0 heterocycles. The van der Waals surface area contributed by atoms with E-state index in [2.05, 4.69) is 0 Å². The van der Waals surface area contributed by atoms with Crippen molar-refractivity contribution in [3.63, 3.8) is 0 Å². The second kappa shape index (κ2) is 7.09. The van der Waals surface area contributed by atoms with Gasteiger partial charge >= 0.3 is 0 Å². The van der Waals surface area contributed by atoms with Crippen molar-refractivity contribution in [3.8, 4) is 11.5 Å². The second-order valence-electron chi connectivity index (χ2n) is 3.28. The van der Waals surface area contributed by atoms with E-state index >= 15 is 0 Å². The van der Waals surface area contributed by atoms with Gasteiger partial charge in [-0.15, -0.1) is 0 Å². The number of methoxy groups -OCH3 is 1. The lowest BCUT2D eigenvalue weighted by molar-refractivity contribution is 0.0209. The first kappa shape index (κ1) is 12.8. The lowest BCUT2D eigenvalue weighted by Crippen LogP contribution is -2.05. The normalized spacial score (nSPS) is 10.2. The lowest BCUT2D eigenvalue weighted by Gasteiger charge is -2.11. The van der Waals surface area contributed by atoms with Gasteiger partial charge in [0.2, 0.25) is 0 Å². The van der Waals surface area contributed by atoms with E-state index in [9.17, 15) is 0 Å². The van der Waals surface area contributed by atoms with Gasteiger partial charge in [0.15, 0.2) is 18.3 Å². The maximum atomic E-state index is 5.50. The van der Waals surface area contributed by atoms with Gasteiger partial charge in [-0.25, -0.2) is 0 Å². The Bertz CT molecular complexity index is 315. The molecule has 0 aliphatic carbocycles. The fraction of sp³-hybridized carbons (Fsp3) is 0.500. The number of nitrogens with two attached hydrogens (primary N) is 1. The molecule has 1 aromatic rings. The summed E-state index contributed by atoms with van der Waals surface area (Å²) in [4.78, 5) is 0. The third-order valence-electron chi connectivity index (χ3n) is 2.16. The molecule has 0 fully saturated rings. The van der Waals surface area contributed by atoms with Crippen LogP contribution in [-0.4, -0.2) is 27.1 Å². The van der Waals surface area contributed by atoms with E-state index < -0.39 is 0 Å². The number of rotatable bonds is 7. The fourth-order valence-electron chi connectivity index (χ4n) is 1.34. The quantitative estimate of drug-likeness (QED) is 0.565. The Hall–Kier alpha value is -1.26. The molecule has 2 N–H and O–H groups in total. The molecule has 4 heteroatoms. The maximum absolute atomic E-state index is 5.50. The van der Waals surface area contributed by atoms with Crippen molar-refractivity contribution in [2.24, 2.45) is 5.73 Å². The molecular formula is C12H19NO3. The first-order valence-electron chi connectivity index (χ1n) is 5.39. The van der Waals surface area contributed by atoms with E-state index in [1.165, 1.54) is 0 Å². The predicted molar refractivity (Wildman–Crippen MR) is 62.9 cm³/mol. The molecule has 0 atom stereocenters. The number of benzene rings is 1. The minimum absolute atomic E-state index is 0.239. The summed E-state index contributed by atoms with van der Waals surface area (Å²) in [5.41, 5.74) is 6.64. The summed E-state index contributed by atoms with van der Waals surface area (Å²) >= 11 is 0. The monoisotopic (exact) mass is 225 g/mol. The average Bonchev–Trinajstić information content (AvgIpc) is 2.31. The molecule has 0 saturated heterocycles. The van der Waals surface area contributed by atoms with Crippen LogP contribution in [-0.2, 0) is 11.2 Å². The van der Waals surface area contributed by atoms with Gasteiger partial charge in [-0.05, 0) is 37.6 Å². The summed E-state index contributed by atoms with van der Waals surface area (Å²) < 4.78 is 15.8. The van der Waals surface area contributed by atoms with Gasteiger partial charge in [-0.1, -0.05) is 6.07 Å². The molecule has 90 valence electrons. The highest BCUT2D eigenvalue weighted by atomic mass is 16.7. The van der Waals surface area contributed by atoms with E-state index in [0.29, 0.717) is 24.7 Å². The molecule has 1 aromatic carbocycles. The van der Waals surface area contributed by atoms with Gasteiger partial charge < -0.3 is 19.9 Å². The Morgan fingerprint density at radius 3 is 2.69 bits per heavy atom. The van der Waals surface area contributed by atoms with E-state index in [0.717, 1.165) is 12.0 Å². The number of hydrogen-bond donors (Lipinski definition) is 1. The molecule has 0 aromatic heterocycles. The third kappa shape index (κ3) is 3.72. The van der Waals surface area contributed by atoms with Crippen LogP contribution in [0.25, 0.3) is 0 Å². The van der Waals surface area contributed by atoms with Gasteiger partial charge in [-0.2, -0.15) is 0 Å². The first-order valence-corrected chi connectivity index (χ1v) is 5.39. The van der Waals surface area contributed by atoms with E-state index in [-0.39, 0.29) is 6.79 Å². The van der Waals surface area contributed by atoms with Crippen molar-refractivity contribution in [2.75, 3.05) is 27.1 Å². The first-order chi connectivity index (χ1) is 7.81. The van der Waals surface area contributed by atoms with Gasteiger partial charge in [0.25, 0.3) is 0 Å². The highest BCUT2D eigenvalue weighted by molar-refractivity contribution is 5.42. The summed E-state index contributed by atoms with van der Waals surface area (Å²) in [6, 6.07) is 5.80. The molecule has 0 bridgehead atoms. The highest BCUT2D eigenvalue weighted by Crippen LogP contribution is 2.28. The molecule has 0 unspecified atom stereocenters. The van der Waals surface area contributed by atoms with E-state index in [4.69, 9.17) is 19.9 Å². The summed E-state index contributed by atoms with van der Waals surface area (Å²) in [5.74, 6) is 1.40. The zero-order valence-electron chi connectivity index (χ0n) is 9.86. The molecule has 0 radical (unpaired) electrons. The predicted octanol–water partition coefficient (Wildman–Crippen LogP) is 1.57. The molecule has 0 aliphatic rings. The van der Waals surface area contributed by atoms with E-state index in [1.807, 2.05) is 25.1 Å².